The van der Waals surface area contributed by atoms with Crippen LogP contribution in [0.3, 0.4) is 0 Å². The number of fused-ring (bicyclic) bond motifs is 1. The lowest BCUT2D eigenvalue weighted by Gasteiger charge is -2.11. The van der Waals surface area contributed by atoms with Gasteiger partial charge in [0.25, 0.3) is 0 Å². The Hall–Kier alpha value is -1.42. The average Bonchev–Trinajstić information content (AvgIpc) is 3.08. The number of imidazole rings is 1. The van der Waals surface area contributed by atoms with Crippen LogP contribution in [0.2, 0.25) is 0 Å². The van der Waals surface area contributed by atoms with Crippen LogP contribution in [0.5, 0.6) is 0 Å². The van der Waals surface area contributed by atoms with Gasteiger partial charge in [-0.2, -0.15) is 0 Å². The molecule has 1 fully saturated rings. The zero-order chi connectivity index (χ0) is 11.1. The van der Waals surface area contributed by atoms with Gasteiger partial charge in [-0.15, -0.1) is 0 Å². The van der Waals surface area contributed by atoms with Crippen LogP contribution in [0.25, 0.3) is 11.2 Å². The standard InChI is InChI=1S/C12H16N4/c1-2-16-11-9(4-3-7-14-11)15-12(16)10(13)8-5-6-8/h3-4,7-8,10H,2,5-6,13H2,1H3. The molecule has 2 aromatic rings. The van der Waals surface area contributed by atoms with Crippen molar-refractivity contribution in [2.24, 2.45) is 11.7 Å². The molecule has 1 atom stereocenters. The Kier molecular flexibility index (Phi) is 2.17. The maximum Gasteiger partial charge on any atom is 0.160 e. The third-order valence-corrected chi connectivity index (χ3v) is 3.28. The van der Waals surface area contributed by atoms with Crippen LogP contribution in [-0.4, -0.2) is 14.5 Å². The Balaban J connectivity index is 2.15. The molecule has 84 valence electrons. The van der Waals surface area contributed by atoms with Crippen molar-refractivity contribution >= 4 is 11.2 Å². The van der Waals surface area contributed by atoms with E-state index in [0.717, 1.165) is 23.5 Å². The molecule has 4 heteroatoms. The molecule has 2 heterocycles. The lowest BCUT2D eigenvalue weighted by Crippen LogP contribution is -2.18. The molecule has 16 heavy (non-hydrogen) atoms. The van der Waals surface area contributed by atoms with E-state index in [0.29, 0.717) is 5.92 Å². The second-order valence-corrected chi connectivity index (χ2v) is 4.42. The zero-order valence-electron chi connectivity index (χ0n) is 9.43. The Morgan fingerprint density at radius 3 is 3.06 bits per heavy atom. The molecular formula is C12H16N4. The van der Waals surface area contributed by atoms with Gasteiger partial charge in [0.1, 0.15) is 11.3 Å². The minimum Gasteiger partial charge on any atom is -0.321 e. The van der Waals surface area contributed by atoms with Crippen molar-refractivity contribution in [1.82, 2.24) is 14.5 Å². The maximum atomic E-state index is 6.23. The van der Waals surface area contributed by atoms with E-state index in [4.69, 9.17) is 5.73 Å². The summed E-state index contributed by atoms with van der Waals surface area (Å²) in [5.41, 5.74) is 8.14. The molecule has 0 radical (unpaired) electrons. The Morgan fingerprint density at radius 2 is 2.38 bits per heavy atom. The summed E-state index contributed by atoms with van der Waals surface area (Å²) in [6.07, 6.45) is 4.28. The zero-order valence-corrected chi connectivity index (χ0v) is 9.43. The summed E-state index contributed by atoms with van der Waals surface area (Å²) in [4.78, 5) is 9.00. The molecule has 2 N–H and O–H groups in total. The van der Waals surface area contributed by atoms with Gasteiger partial charge in [0.05, 0.1) is 6.04 Å². The van der Waals surface area contributed by atoms with E-state index >= 15 is 0 Å². The van der Waals surface area contributed by atoms with Gasteiger partial charge in [-0.3, -0.25) is 0 Å². The summed E-state index contributed by atoms with van der Waals surface area (Å²) < 4.78 is 2.14. The van der Waals surface area contributed by atoms with Crippen LogP contribution < -0.4 is 5.73 Å². The molecule has 4 nitrogen and oxygen atoms in total. The van der Waals surface area contributed by atoms with Crippen LogP contribution in [0.15, 0.2) is 18.3 Å². The number of aryl methyl sites for hydroxylation is 1. The lowest BCUT2D eigenvalue weighted by molar-refractivity contribution is 0.555. The first kappa shape index (κ1) is 9.78. The average molecular weight is 216 g/mol. The number of nitrogens with two attached hydrogens (primary N) is 1. The first-order valence-corrected chi connectivity index (χ1v) is 5.88. The highest BCUT2D eigenvalue weighted by atomic mass is 15.1. The van der Waals surface area contributed by atoms with Crippen molar-refractivity contribution in [3.05, 3.63) is 24.2 Å². The van der Waals surface area contributed by atoms with E-state index in [1.807, 2.05) is 18.3 Å². The smallest absolute Gasteiger partial charge is 0.160 e. The summed E-state index contributed by atoms with van der Waals surface area (Å²) in [5, 5.41) is 0. The Morgan fingerprint density at radius 1 is 1.56 bits per heavy atom. The fourth-order valence-electron chi connectivity index (χ4n) is 2.21. The number of hydrogen-bond donors (Lipinski definition) is 1. The lowest BCUT2D eigenvalue weighted by atomic mass is 10.2. The normalized spacial score (nSPS) is 17.9. The summed E-state index contributed by atoms with van der Waals surface area (Å²) in [7, 11) is 0. The van der Waals surface area contributed by atoms with Gasteiger partial charge in [0.2, 0.25) is 0 Å². The topological polar surface area (TPSA) is 56.7 Å². The largest absolute Gasteiger partial charge is 0.321 e. The van der Waals surface area contributed by atoms with E-state index in [-0.39, 0.29) is 6.04 Å². The molecule has 1 aliphatic carbocycles. The van der Waals surface area contributed by atoms with Crippen molar-refractivity contribution in [3.8, 4) is 0 Å². The highest BCUT2D eigenvalue weighted by molar-refractivity contribution is 5.71. The number of pyridine rings is 1. The van der Waals surface area contributed by atoms with Crippen molar-refractivity contribution < 1.29 is 0 Å². The molecule has 3 rings (SSSR count). The minimum atomic E-state index is 0.0779. The van der Waals surface area contributed by atoms with E-state index in [1.165, 1.54) is 12.8 Å². The second-order valence-electron chi connectivity index (χ2n) is 4.42. The Labute approximate surface area is 94.5 Å². The quantitative estimate of drug-likeness (QED) is 0.852. The van der Waals surface area contributed by atoms with Gasteiger partial charge in [0, 0.05) is 12.7 Å². The molecule has 0 saturated heterocycles. The molecule has 1 aliphatic rings. The molecule has 1 unspecified atom stereocenters. The highest BCUT2D eigenvalue weighted by Gasteiger charge is 2.32. The van der Waals surface area contributed by atoms with Crippen molar-refractivity contribution in [2.45, 2.75) is 32.4 Å². The predicted molar refractivity (Wildman–Crippen MR) is 62.9 cm³/mol. The Bertz CT molecular complexity index is 513. The summed E-state index contributed by atoms with van der Waals surface area (Å²) in [6.45, 7) is 2.99. The summed E-state index contributed by atoms with van der Waals surface area (Å²) >= 11 is 0. The van der Waals surface area contributed by atoms with Crippen LogP contribution in [0, 0.1) is 5.92 Å². The SMILES string of the molecule is CCn1c(C(N)C2CC2)nc2cccnc21. The fourth-order valence-corrected chi connectivity index (χ4v) is 2.21. The monoisotopic (exact) mass is 216 g/mol. The van der Waals surface area contributed by atoms with E-state index in [2.05, 4.69) is 21.5 Å². The van der Waals surface area contributed by atoms with E-state index in [1.54, 1.807) is 0 Å². The number of rotatable bonds is 3. The van der Waals surface area contributed by atoms with Crippen LogP contribution >= 0.6 is 0 Å². The minimum absolute atomic E-state index is 0.0779. The van der Waals surface area contributed by atoms with Gasteiger partial charge in [0.15, 0.2) is 5.65 Å². The van der Waals surface area contributed by atoms with Gasteiger partial charge in [-0.05, 0) is 37.8 Å². The molecule has 0 amide bonds. The predicted octanol–water partition coefficient (Wildman–Crippen LogP) is 1.86. The van der Waals surface area contributed by atoms with Crippen molar-refractivity contribution in [2.75, 3.05) is 0 Å². The summed E-state index contributed by atoms with van der Waals surface area (Å²) in [5.74, 6) is 1.63. The van der Waals surface area contributed by atoms with Gasteiger partial charge >= 0.3 is 0 Å². The molecule has 1 saturated carbocycles. The third-order valence-electron chi connectivity index (χ3n) is 3.28. The molecule has 0 aromatic carbocycles. The molecule has 0 spiro atoms. The second kappa shape index (κ2) is 3.56. The molecule has 2 aromatic heterocycles. The molecular weight excluding hydrogens is 200 g/mol. The first-order chi connectivity index (χ1) is 7.81. The van der Waals surface area contributed by atoms with Crippen molar-refractivity contribution in [1.29, 1.82) is 0 Å². The molecule has 0 aliphatic heterocycles. The van der Waals surface area contributed by atoms with E-state index < -0.39 is 0 Å². The maximum absolute atomic E-state index is 6.23. The third kappa shape index (κ3) is 1.41. The number of hydrogen-bond acceptors (Lipinski definition) is 3. The van der Waals surface area contributed by atoms with Crippen molar-refractivity contribution in [3.63, 3.8) is 0 Å². The highest BCUT2D eigenvalue weighted by Crippen LogP contribution is 2.39. The van der Waals surface area contributed by atoms with Crippen LogP contribution in [-0.2, 0) is 6.54 Å². The fraction of sp³-hybridized carbons (Fsp3) is 0.500. The number of nitrogens with zero attached hydrogens (tertiary/aromatic N) is 3. The first-order valence-electron chi connectivity index (χ1n) is 5.88. The molecule has 0 bridgehead atoms. The van der Waals surface area contributed by atoms with Gasteiger partial charge in [-0.25, -0.2) is 9.97 Å². The van der Waals surface area contributed by atoms with Gasteiger partial charge < -0.3 is 10.3 Å². The van der Waals surface area contributed by atoms with Crippen LogP contribution in [0.4, 0.5) is 0 Å². The van der Waals surface area contributed by atoms with Crippen LogP contribution in [0.1, 0.15) is 31.6 Å². The number of aromatic nitrogens is 3. The van der Waals surface area contributed by atoms with E-state index in [9.17, 15) is 0 Å². The van der Waals surface area contributed by atoms with Gasteiger partial charge in [-0.1, -0.05) is 0 Å². The summed E-state index contributed by atoms with van der Waals surface area (Å²) in [6, 6.07) is 3.99.